The summed E-state index contributed by atoms with van der Waals surface area (Å²) in [4.78, 5) is 4.10. The van der Waals surface area contributed by atoms with Crippen LogP contribution in [0.4, 0.5) is 0 Å². The topological polar surface area (TPSA) is 22.1 Å². The molecule has 1 unspecified atom stereocenters. The first-order valence-electron chi connectivity index (χ1n) is 7.70. The summed E-state index contributed by atoms with van der Waals surface area (Å²) in [6.45, 7) is 8.52. The van der Waals surface area contributed by atoms with Crippen LogP contribution in [0.15, 0.2) is 30.6 Å². The van der Waals surface area contributed by atoms with Gasteiger partial charge in [-0.15, -0.1) is 0 Å². The summed E-state index contributed by atoms with van der Waals surface area (Å²) in [7, 11) is 0. The highest BCUT2D eigenvalue weighted by Gasteiger charge is 2.31. The van der Waals surface area contributed by atoms with Crippen LogP contribution < -0.4 is 4.74 Å². The zero-order chi connectivity index (χ0) is 15.7. The minimum Gasteiger partial charge on any atom is -0.474 e. The van der Waals surface area contributed by atoms with Crippen molar-refractivity contribution in [1.82, 2.24) is 4.98 Å². The number of pyridine rings is 1. The van der Waals surface area contributed by atoms with Crippen LogP contribution in [-0.4, -0.2) is 10.6 Å². The van der Waals surface area contributed by atoms with Crippen molar-refractivity contribution in [2.24, 2.45) is 0 Å². The van der Waals surface area contributed by atoms with Gasteiger partial charge in [0, 0.05) is 24.4 Å². The Morgan fingerprint density at radius 1 is 1.23 bits per heavy atom. The van der Waals surface area contributed by atoms with E-state index in [4.69, 9.17) is 4.74 Å². The maximum absolute atomic E-state index is 6.34. The SMILES string of the molecule is Cc1cc(C)c2c(c1C)OC(C)(C#Cc1cccnc1)CC2. The zero-order valence-corrected chi connectivity index (χ0v) is 13.7. The highest BCUT2D eigenvalue weighted by atomic mass is 16.5. The molecule has 3 rings (SSSR count). The number of rotatable bonds is 0. The molecule has 112 valence electrons. The van der Waals surface area contributed by atoms with Crippen LogP contribution in [0.25, 0.3) is 0 Å². The van der Waals surface area contributed by atoms with Gasteiger partial charge in [-0.25, -0.2) is 0 Å². The molecule has 2 heteroatoms. The number of hydrogen-bond donors (Lipinski definition) is 0. The third-order valence-electron chi connectivity index (χ3n) is 4.43. The fraction of sp³-hybridized carbons (Fsp3) is 0.350. The van der Waals surface area contributed by atoms with E-state index >= 15 is 0 Å². The second-order valence-corrected chi connectivity index (χ2v) is 6.27. The molecule has 2 aromatic rings. The first kappa shape index (κ1) is 14.7. The summed E-state index contributed by atoms with van der Waals surface area (Å²) in [6.07, 6.45) is 5.47. The lowest BCUT2D eigenvalue weighted by atomic mass is 9.88. The molecule has 1 atom stereocenters. The largest absolute Gasteiger partial charge is 0.474 e. The Morgan fingerprint density at radius 3 is 2.77 bits per heavy atom. The van der Waals surface area contributed by atoms with Crippen molar-refractivity contribution in [3.05, 3.63) is 58.4 Å². The molecule has 0 radical (unpaired) electrons. The highest BCUT2D eigenvalue weighted by Crippen LogP contribution is 2.38. The van der Waals surface area contributed by atoms with Gasteiger partial charge < -0.3 is 4.74 Å². The molecule has 0 spiro atoms. The summed E-state index contributed by atoms with van der Waals surface area (Å²) in [5.41, 5.74) is 5.66. The smallest absolute Gasteiger partial charge is 0.167 e. The average Bonchev–Trinajstić information content (AvgIpc) is 2.52. The second-order valence-electron chi connectivity index (χ2n) is 6.27. The standard InChI is InChI=1S/C20H21NO/c1-14-12-15(2)18-8-10-20(4,22-19(18)16(14)3)9-7-17-6-5-11-21-13-17/h5-6,11-13H,8,10H2,1-4H3. The van der Waals surface area contributed by atoms with Crippen molar-refractivity contribution in [1.29, 1.82) is 0 Å². The molecule has 2 nitrogen and oxygen atoms in total. The number of ether oxygens (including phenoxy) is 1. The van der Waals surface area contributed by atoms with Gasteiger partial charge in [0.1, 0.15) is 5.75 Å². The van der Waals surface area contributed by atoms with Crippen molar-refractivity contribution in [2.75, 3.05) is 0 Å². The maximum atomic E-state index is 6.34. The van der Waals surface area contributed by atoms with Crippen molar-refractivity contribution in [2.45, 2.75) is 46.1 Å². The van der Waals surface area contributed by atoms with Gasteiger partial charge in [-0.05, 0) is 68.5 Å². The van der Waals surface area contributed by atoms with Crippen molar-refractivity contribution < 1.29 is 4.74 Å². The van der Waals surface area contributed by atoms with Crippen molar-refractivity contribution in [3.8, 4) is 17.6 Å². The van der Waals surface area contributed by atoms with Gasteiger partial charge in [0.15, 0.2) is 5.60 Å². The normalized spacial score (nSPS) is 19.6. The Kier molecular flexibility index (Phi) is 3.66. The summed E-state index contributed by atoms with van der Waals surface area (Å²) in [6, 6.07) is 6.13. The molecule has 1 aliphatic rings. The van der Waals surface area contributed by atoms with Gasteiger partial charge in [0.2, 0.25) is 0 Å². The third-order valence-corrected chi connectivity index (χ3v) is 4.43. The van der Waals surface area contributed by atoms with Gasteiger partial charge in [-0.1, -0.05) is 17.9 Å². The van der Waals surface area contributed by atoms with Crippen molar-refractivity contribution in [3.63, 3.8) is 0 Å². The van der Waals surface area contributed by atoms with Gasteiger partial charge >= 0.3 is 0 Å². The number of benzene rings is 1. The fourth-order valence-corrected chi connectivity index (χ4v) is 2.92. The lowest BCUT2D eigenvalue weighted by Crippen LogP contribution is -2.35. The van der Waals surface area contributed by atoms with Crippen molar-refractivity contribution >= 4 is 0 Å². The Labute approximate surface area is 132 Å². The zero-order valence-electron chi connectivity index (χ0n) is 13.7. The predicted molar refractivity (Wildman–Crippen MR) is 89.1 cm³/mol. The number of fused-ring (bicyclic) bond motifs is 1. The van der Waals surface area contributed by atoms with E-state index in [0.29, 0.717) is 0 Å². The molecule has 1 aromatic heterocycles. The van der Waals surface area contributed by atoms with Gasteiger partial charge in [-0.3, -0.25) is 4.98 Å². The number of hydrogen-bond acceptors (Lipinski definition) is 2. The second kappa shape index (κ2) is 5.50. The molecule has 0 amide bonds. The number of aryl methyl sites for hydroxylation is 2. The molecule has 2 heterocycles. The number of aromatic nitrogens is 1. The summed E-state index contributed by atoms with van der Waals surface area (Å²) < 4.78 is 6.34. The predicted octanol–water partition coefficient (Wildman–Crippen LogP) is 4.14. The Bertz CT molecular complexity index is 768. The highest BCUT2D eigenvalue weighted by molar-refractivity contribution is 5.52. The van der Waals surface area contributed by atoms with E-state index in [2.05, 4.69) is 50.6 Å². The molecular formula is C20H21NO. The average molecular weight is 291 g/mol. The quantitative estimate of drug-likeness (QED) is 0.680. The molecule has 1 aliphatic heterocycles. The molecular weight excluding hydrogens is 270 g/mol. The van der Waals surface area contributed by atoms with E-state index in [-0.39, 0.29) is 0 Å². The minimum atomic E-state index is -0.437. The Balaban J connectivity index is 1.95. The fourth-order valence-electron chi connectivity index (χ4n) is 2.92. The van der Waals surface area contributed by atoms with Crippen LogP contribution in [0.5, 0.6) is 5.75 Å². The van der Waals surface area contributed by atoms with E-state index < -0.39 is 5.60 Å². The lowest BCUT2D eigenvalue weighted by Gasteiger charge is -2.34. The van der Waals surface area contributed by atoms with E-state index in [9.17, 15) is 0 Å². The Morgan fingerprint density at radius 2 is 2.05 bits per heavy atom. The van der Waals surface area contributed by atoms with Gasteiger partial charge in [0.25, 0.3) is 0 Å². The summed E-state index contributed by atoms with van der Waals surface area (Å²) in [5, 5.41) is 0. The minimum absolute atomic E-state index is 0.437. The van der Waals surface area contributed by atoms with E-state index in [0.717, 1.165) is 24.2 Å². The molecule has 1 aromatic carbocycles. The molecule has 22 heavy (non-hydrogen) atoms. The van der Waals surface area contributed by atoms with Gasteiger partial charge in [-0.2, -0.15) is 0 Å². The number of nitrogens with zero attached hydrogens (tertiary/aromatic N) is 1. The molecule has 0 saturated heterocycles. The van der Waals surface area contributed by atoms with Crippen LogP contribution >= 0.6 is 0 Å². The molecule has 0 aliphatic carbocycles. The van der Waals surface area contributed by atoms with Crippen LogP contribution in [0.2, 0.25) is 0 Å². The van der Waals surface area contributed by atoms with E-state index in [1.807, 2.05) is 12.1 Å². The first-order valence-corrected chi connectivity index (χ1v) is 7.70. The molecule has 0 bridgehead atoms. The monoisotopic (exact) mass is 291 g/mol. The Hall–Kier alpha value is -2.27. The van der Waals surface area contributed by atoms with Crippen LogP contribution in [0.1, 0.15) is 41.2 Å². The first-order chi connectivity index (χ1) is 10.5. The van der Waals surface area contributed by atoms with Crippen LogP contribution in [0, 0.1) is 32.6 Å². The third kappa shape index (κ3) is 2.72. The maximum Gasteiger partial charge on any atom is 0.167 e. The van der Waals surface area contributed by atoms with Crippen LogP contribution in [-0.2, 0) is 6.42 Å². The summed E-state index contributed by atoms with van der Waals surface area (Å²) >= 11 is 0. The molecule has 0 N–H and O–H groups in total. The van der Waals surface area contributed by atoms with E-state index in [1.54, 1.807) is 12.4 Å². The van der Waals surface area contributed by atoms with E-state index in [1.165, 1.54) is 22.3 Å². The lowest BCUT2D eigenvalue weighted by molar-refractivity contribution is 0.123. The molecule has 0 fully saturated rings. The van der Waals surface area contributed by atoms with Gasteiger partial charge in [0.05, 0.1) is 0 Å². The molecule has 0 saturated carbocycles. The summed E-state index contributed by atoms with van der Waals surface area (Å²) in [5.74, 6) is 7.54. The van der Waals surface area contributed by atoms with Crippen LogP contribution in [0.3, 0.4) is 0 Å².